The number of hydrogen-bond donors (Lipinski definition) is 2. The summed E-state index contributed by atoms with van der Waals surface area (Å²) in [5.74, 6) is -1.05. The van der Waals surface area contributed by atoms with Gasteiger partial charge in [0.1, 0.15) is 23.4 Å². The first kappa shape index (κ1) is 86.0. The van der Waals surface area contributed by atoms with Crippen molar-refractivity contribution in [2.45, 2.75) is 180 Å². The van der Waals surface area contributed by atoms with E-state index in [9.17, 15) is 28.8 Å². The number of carboxylic acid groups (broad SMARTS) is 1. The number of Topliss-reactive ketones (excluding diaryl/α,β-unsaturated/α-hetero) is 1. The zero-order valence-corrected chi connectivity index (χ0v) is 67.6. The average molecular weight is 1540 g/mol. The number of nitrogens with two attached hydrogens (primary N) is 1. The topological polar surface area (TPSA) is 300 Å². The monoisotopic (exact) mass is 1540 g/mol. The number of carbonyl (C=O) groups is 2. The molecule has 0 saturated heterocycles. The molecule has 0 fully saturated rings. The van der Waals surface area contributed by atoms with Gasteiger partial charge in [0.15, 0.2) is 40.6 Å². The normalized spacial score (nSPS) is 11.4. The van der Waals surface area contributed by atoms with E-state index < -0.39 is 5.97 Å². The number of aromatic nitrogens is 14. The van der Waals surface area contributed by atoms with E-state index in [4.69, 9.17) is 45.1 Å². The van der Waals surface area contributed by atoms with Crippen LogP contribution < -0.4 is 28.5 Å². The van der Waals surface area contributed by atoms with Crippen LogP contribution in [0.4, 0.5) is 0 Å². The van der Waals surface area contributed by atoms with Gasteiger partial charge < -0.3 is 36.5 Å². The van der Waals surface area contributed by atoms with Gasteiger partial charge in [0.2, 0.25) is 6.54 Å². The van der Waals surface area contributed by atoms with Crippen LogP contribution in [0.1, 0.15) is 173 Å². The Hall–Kier alpha value is -8.43. The van der Waals surface area contributed by atoms with Crippen LogP contribution >= 0.6 is 25.2 Å². The fourth-order valence-electron chi connectivity index (χ4n) is 10.6. The van der Waals surface area contributed by atoms with Gasteiger partial charge in [0.05, 0.1) is 22.1 Å². The first-order chi connectivity index (χ1) is 47.9. The van der Waals surface area contributed by atoms with Crippen LogP contribution in [0.3, 0.4) is 0 Å². The molecule has 0 atom stereocenters. The molecule has 10 aromatic heterocycles. The third kappa shape index (κ3) is 26.1. The van der Waals surface area contributed by atoms with E-state index in [0.29, 0.717) is 68.7 Å². The van der Waals surface area contributed by atoms with Crippen molar-refractivity contribution in [1.82, 2.24) is 66.8 Å². The second-order valence-corrected chi connectivity index (χ2v) is 29.8. The number of fused-ring (bicyclic) bond motifs is 4. The summed E-state index contributed by atoms with van der Waals surface area (Å²) in [5.41, 5.74) is 15.2. The molecule has 0 unspecified atom stereocenters. The standard InChI is InChI=1S/C21H28N4O3.C16H22N4O.C16H26N4O.C12H16ClN3O.C4H3NO3.C4H6N.BrH.Zn/c1-21(2,3)14-25-17-11-10-15(22-19(17)24(4)20(25)27)8-6-5-7-9-18(26)16-12-13-28-23-16;1-16(2,3)11-20-13-9-8-12(7-6-10-17-4)18-14(13)19(5)15(20)21;1-16(2,3)11-20-13-9-8-12(7-5-6-10-17)18-14(13)19(4)15(20)21;1-12(2,3)7-16-8-5-6-9(13)14-10(8)15(4)11(16)17;6-4(7)3-1-2-8-5-3;1-3-4-5-2;;/h10-13H,5-9,14H2,1-4H3;8-9H,6-7,10-11H2,1-3,5H3;8-9H,5-7,10-11,17H2,1-4H3;5-6H,7H2,1-4H3;1-2H,(H,6,7);1,3-4H2;1H;/q;;;;;-1;;+2/p-1. The Bertz CT molecular complexity index is 4670. The Morgan fingerprint density at radius 1 is 0.510 bits per heavy atom. The second kappa shape index (κ2) is 39.8. The summed E-state index contributed by atoms with van der Waals surface area (Å²) in [7, 11) is 7.05. The first-order valence-electron chi connectivity index (χ1n) is 33.8. The number of hydrogen-bond acceptors (Lipinski definition) is 15. The van der Waals surface area contributed by atoms with Crippen LogP contribution in [0.25, 0.3) is 54.3 Å². The van der Waals surface area contributed by atoms with Gasteiger partial charge in [-0.3, -0.25) is 41.3 Å². The molecule has 0 radical (unpaired) electrons. The number of aromatic carboxylic acids is 1. The van der Waals surface area contributed by atoms with Gasteiger partial charge >= 0.3 is 58.7 Å². The summed E-state index contributed by atoms with van der Waals surface area (Å²) in [6, 6.07) is 18.4. The summed E-state index contributed by atoms with van der Waals surface area (Å²) >= 11 is 10.1. The summed E-state index contributed by atoms with van der Waals surface area (Å²) in [6.07, 6.45) is 11.9. The molecule has 0 aliphatic rings. The van der Waals surface area contributed by atoms with Crippen molar-refractivity contribution in [2.75, 3.05) is 19.6 Å². The minimum atomic E-state index is -1.07. The molecular formula is C73H101BrClN17O9Zn. The molecular weight excluding hydrogens is 1440 g/mol. The molecule has 548 valence electrons. The quantitative estimate of drug-likeness (QED) is 0.0235. The molecule has 0 bridgehead atoms. The van der Waals surface area contributed by atoms with Crippen LogP contribution in [-0.2, 0) is 90.0 Å². The van der Waals surface area contributed by atoms with Crippen molar-refractivity contribution < 1.29 is 40.1 Å². The maximum absolute atomic E-state index is 12.6. The van der Waals surface area contributed by atoms with Gasteiger partial charge in [-0.1, -0.05) is 111 Å². The van der Waals surface area contributed by atoms with Gasteiger partial charge in [-0.05, 0) is 122 Å². The number of imidazole rings is 4. The van der Waals surface area contributed by atoms with E-state index in [1.54, 1.807) is 63.2 Å². The third-order valence-electron chi connectivity index (χ3n) is 15.2. The van der Waals surface area contributed by atoms with Crippen molar-refractivity contribution in [3.05, 3.63) is 179 Å². The zero-order valence-electron chi connectivity index (χ0n) is 62.3. The SMILES string of the molecule is Cn1c(=O)n(CC(C)(C)C)c2ccc(CCCCCC(=O)c3ccon3)nc21.Cn1c(=O)n(CC(C)(C)C)c2ccc(CCCCN)nc21.Cn1c(=O)n(CC(C)(C)C)c2ccc(Cl)nc21.O=C(O)c1ccon1.[C-]#[N+]CCCc1ccc2c(n1)n(C)c(=O)n2CC(C)(C)C.[C-]#[N+]CC[CH2-].[Zn+][Br]. The molecule has 10 aromatic rings. The third-order valence-corrected chi connectivity index (χ3v) is 15.4. The predicted molar refractivity (Wildman–Crippen MR) is 401 cm³/mol. The molecule has 0 spiro atoms. The van der Waals surface area contributed by atoms with Crippen molar-refractivity contribution >= 4 is 81.6 Å². The molecule has 102 heavy (non-hydrogen) atoms. The Morgan fingerprint density at radius 2 is 0.843 bits per heavy atom. The van der Waals surface area contributed by atoms with E-state index >= 15 is 0 Å². The number of unbranched alkanes of at least 4 members (excludes halogenated alkanes) is 3. The van der Waals surface area contributed by atoms with Crippen molar-refractivity contribution in [3.8, 4) is 0 Å². The minimum absolute atomic E-state index is 0.00605. The van der Waals surface area contributed by atoms with Gasteiger partial charge in [-0.25, -0.2) is 57.1 Å². The van der Waals surface area contributed by atoms with E-state index in [0.717, 1.165) is 120 Å². The van der Waals surface area contributed by atoms with Crippen molar-refractivity contribution in [3.63, 3.8) is 0 Å². The first-order valence-corrected chi connectivity index (χ1v) is 41.1. The number of aryl methyl sites for hydroxylation is 7. The zero-order chi connectivity index (χ0) is 76.5. The fourth-order valence-corrected chi connectivity index (χ4v) is 10.7. The number of carbonyl (C=O) groups excluding carboxylic acids is 1. The summed E-state index contributed by atoms with van der Waals surface area (Å²) < 4.78 is 22.5. The molecule has 10 heterocycles. The molecule has 0 aromatic carbocycles. The molecule has 0 aliphatic carbocycles. The second-order valence-electron chi connectivity index (χ2n) is 29.4. The Morgan fingerprint density at radius 3 is 1.14 bits per heavy atom. The van der Waals surface area contributed by atoms with E-state index in [2.05, 4.69) is 143 Å². The Kier molecular flexibility index (Phi) is 33.6. The van der Waals surface area contributed by atoms with Crippen molar-refractivity contribution in [2.24, 2.45) is 55.6 Å². The van der Waals surface area contributed by atoms with E-state index in [-0.39, 0.29) is 55.9 Å². The summed E-state index contributed by atoms with van der Waals surface area (Å²) in [6.45, 7) is 46.3. The van der Waals surface area contributed by atoms with Gasteiger partial charge in [0.25, 0.3) is 0 Å². The Balaban J connectivity index is 0.000000272. The van der Waals surface area contributed by atoms with Crippen LogP contribution in [0, 0.1) is 41.7 Å². The van der Waals surface area contributed by atoms with Crippen LogP contribution in [0.5, 0.6) is 0 Å². The number of nitrogens with zero attached hydrogens (tertiary/aromatic N) is 16. The molecule has 0 amide bonds. The van der Waals surface area contributed by atoms with Gasteiger partial charge in [-0.15, -0.1) is 6.42 Å². The number of rotatable bonds is 20. The number of pyridine rings is 4. The number of halogens is 2. The predicted octanol–water partition coefficient (Wildman–Crippen LogP) is 13.2. The summed E-state index contributed by atoms with van der Waals surface area (Å²) in [5, 5.41) is 15.4. The molecule has 0 aliphatic heterocycles. The average Bonchev–Trinajstić information content (AvgIpc) is 1.65. The summed E-state index contributed by atoms with van der Waals surface area (Å²) in [4.78, 5) is 95.9. The molecule has 0 saturated carbocycles. The number of carboxylic acids is 1. The Labute approximate surface area is 618 Å². The van der Waals surface area contributed by atoms with Gasteiger partial charge in [0, 0.05) is 96.4 Å². The van der Waals surface area contributed by atoms with E-state index in [1.165, 1.54) is 39.5 Å². The molecule has 3 N–H and O–H groups in total. The van der Waals surface area contributed by atoms with Gasteiger partial charge in [-0.2, -0.15) is 0 Å². The van der Waals surface area contributed by atoms with E-state index in [1.807, 2.05) is 51.6 Å². The van der Waals surface area contributed by atoms with Crippen LogP contribution in [0.15, 0.2) is 101 Å². The van der Waals surface area contributed by atoms with Crippen LogP contribution in [-0.4, -0.2) is 103 Å². The molecule has 10 rings (SSSR count). The molecule has 29 heteroatoms. The number of ketones is 1. The van der Waals surface area contributed by atoms with Crippen LogP contribution in [0.2, 0.25) is 5.15 Å². The molecule has 26 nitrogen and oxygen atoms in total. The fraction of sp³-hybridized carbons (Fsp3) is 0.521. The maximum atomic E-state index is 12.6. The van der Waals surface area contributed by atoms with Crippen molar-refractivity contribution in [1.29, 1.82) is 0 Å².